The summed E-state index contributed by atoms with van der Waals surface area (Å²) in [6.07, 6.45) is 4.44. The molecule has 136 valence electrons. The molecule has 3 rings (SSSR count). The van der Waals surface area contributed by atoms with Crippen molar-refractivity contribution in [1.29, 1.82) is 5.26 Å². The topological polar surface area (TPSA) is 96.5 Å². The lowest BCUT2D eigenvalue weighted by atomic mass is 9.83. The maximum absolute atomic E-state index is 12.6. The zero-order valence-corrected chi connectivity index (χ0v) is 15.9. The van der Waals surface area contributed by atoms with Crippen molar-refractivity contribution < 1.29 is 4.79 Å². The van der Waals surface area contributed by atoms with Crippen LogP contribution in [0, 0.1) is 11.3 Å². The molecule has 1 heterocycles. The monoisotopic (exact) mass is 390 g/mol. The smallest absolute Gasteiger partial charge is 0.234 e. The fourth-order valence-electron chi connectivity index (χ4n) is 2.97. The molecule has 1 N–H and O–H groups in total. The highest BCUT2D eigenvalue weighted by Gasteiger charge is 2.35. The van der Waals surface area contributed by atoms with Crippen molar-refractivity contribution in [3.63, 3.8) is 0 Å². The van der Waals surface area contributed by atoms with Crippen LogP contribution < -0.4 is 5.32 Å². The predicted molar refractivity (Wildman–Crippen MR) is 99.1 cm³/mol. The van der Waals surface area contributed by atoms with Gasteiger partial charge in [-0.2, -0.15) is 9.94 Å². The number of rotatable bonds is 5. The van der Waals surface area contributed by atoms with Crippen LogP contribution in [0.4, 0.5) is 0 Å². The van der Waals surface area contributed by atoms with Crippen LogP contribution in [0.2, 0.25) is 5.02 Å². The molecule has 0 bridgehead atoms. The zero-order valence-electron chi connectivity index (χ0n) is 14.4. The molecule has 1 atom stereocenters. The van der Waals surface area contributed by atoms with Gasteiger partial charge in [0, 0.05) is 5.02 Å². The van der Waals surface area contributed by atoms with E-state index in [2.05, 4.69) is 26.9 Å². The second-order valence-electron chi connectivity index (χ2n) is 6.35. The van der Waals surface area contributed by atoms with Crippen LogP contribution in [-0.4, -0.2) is 36.9 Å². The van der Waals surface area contributed by atoms with Crippen molar-refractivity contribution in [3.8, 4) is 11.8 Å². The van der Waals surface area contributed by atoms with E-state index in [0.29, 0.717) is 23.0 Å². The van der Waals surface area contributed by atoms with Crippen LogP contribution in [0.3, 0.4) is 0 Å². The lowest BCUT2D eigenvalue weighted by Gasteiger charge is -2.32. The van der Waals surface area contributed by atoms with E-state index in [1.54, 1.807) is 35.9 Å². The number of nitriles is 1. The van der Waals surface area contributed by atoms with E-state index >= 15 is 0 Å². The molecule has 1 fully saturated rings. The van der Waals surface area contributed by atoms with Crippen LogP contribution in [0.1, 0.15) is 39.0 Å². The number of carbonyl (C=O) groups excluding carboxylic acids is 1. The molecule has 0 spiro atoms. The molecule has 1 aromatic heterocycles. The van der Waals surface area contributed by atoms with Gasteiger partial charge in [-0.1, -0.05) is 42.6 Å². The first-order valence-electron chi connectivity index (χ1n) is 8.47. The maximum Gasteiger partial charge on any atom is 0.234 e. The summed E-state index contributed by atoms with van der Waals surface area (Å²) >= 11 is 7.17. The third-order valence-electron chi connectivity index (χ3n) is 4.45. The molecular formula is C17H19ClN6OS. The number of benzene rings is 1. The van der Waals surface area contributed by atoms with Crippen LogP contribution in [0.15, 0.2) is 29.4 Å². The Labute approximate surface area is 161 Å². The molecule has 1 unspecified atom stereocenters. The van der Waals surface area contributed by atoms with Gasteiger partial charge in [-0.15, -0.1) is 5.10 Å². The number of thioether (sulfide) groups is 1. The Bertz CT molecular complexity index is 809. The van der Waals surface area contributed by atoms with Gasteiger partial charge in [-0.05, 0) is 54.5 Å². The van der Waals surface area contributed by atoms with Crippen LogP contribution in [-0.2, 0) is 4.79 Å². The lowest BCUT2D eigenvalue weighted by Crippen LogP contribution is -2.50. The first-order chi connectivity index (χ1) is 12.5. The van der Waals surface area contributed by atoms with Gasteiger partial charge < -0.3 is 5.32 Å². The molecule has 1 amide bonds. The predicted octanol–water partition coefficient (Wildman–Crippen LogP) is 3.14. The Morgan fingerprint density at radius 1 is 1.35 bits per heavy atom. The van der Waals surface area contributed by atoms with E-state index in [0.717, 1.165) is 24.9 Å². The molecule has 7 nitrogen and oxygen atoms in total. The van der Waals surface area contributed by atoms with Crippen LogP contribution in [0.25, 0.3) is 5.69 Å². The van der Waals surface area contributed by atoms with Gasteiger partial charge in [-0.25, -0.2) is 0 Å². The summed E-state index contributed by atoms with van der Waals surface area (Å²) in [6.45, 7) is 1.79. The molecule has 1 saturated carbocycles. The largest absolute Gasteiger partial charge is 0.337 e. The van der Waals surface area contributed by atoms with Gasteiger partial charge in [0.15, 0.2) is 0 Å². The Morgan fingerprint density at radius 2 is 2.04 bits per heavy atom. The first kappa shape index (κ1) is 18.7. The van der Waals surface area contributed by atoms with Crippen molar-refractivity contribution in [2.75, 3.05) is 0 Å². The lowest BCUT2D eigenvalue weighted by molar-refractivity contribution is -0.121. The van der Waals surface area contributed by atoms with Gasteiger partial charge in [0.1, 0.15) is 5.54 Å². The minimum atomic E-state index is -0.744. The summed E-state index contributed by atoms with van der Waals surface area (Å²) in [6, 6.07) is 9.42. The van der Waals surface area contributed by atoms with E-state index < -0.39 is 10.8 Å². The maximum atomic E-state index is 12.6. The Kier molecular flexibility index (Phi) is 5.79. The van der Waals surface area contributed by atoms with Crippen molar-refractivity contribution in [2.24, 2.45) is 0 Å². The van der Waals surface area contributed by atoms with Gasteiger partial charge >= 0.3 is 0 Å². The normalized spacial score (nSPS) is 17.3. The number of tetrazole rings is 1. The average molecular weight is 391 g/mol. The molecule has 0 aliphatic heterocycles. The number of aromatic nitrogens is 4. The molecule has 0 saturated heterocycles. The average Bonchev–Trinajstić information content (AvgIpc) is 3.11. The number of nitrogens with zero attached hydrogens (tertiary/aromatic N) is 5. The van der Waals surface area contributed by atoms with Crippen molar-refractivity contribution in [2.45, 2.75) is 55.0 Å². The van der Waals surface area contributed by atoms with Gasteiger partial charge in [0.05, 0.1) is 17.0 Å². The summed E-state index contributed by atoms with van der Waals surface area (Å²) in [4.78, 5) is 12.6. The van der Waals surface area contributed by atoms with E-state index in [1.807, 2.05) is 0 Å². The Hall–Kier alpha value is -2.11. The quantitative estimate of drug-likeness (QED) is 0.788. The van der Waals surface area contributed by atoms with Crippen molar-refractivity contribution >= 4 is 29.3 Å². The highest BCUT2D eigenvalue weighted by atomic mass is 35.5. The van der Waals surface area contributed by atoms with E-state index in [4.69, 9.17) is 11.6 Å². The molecule has 2 aromatic rings. The standard InChI is InChI=1S/C17H19ClN6OS/c1-12(15(25)20-17(11-19)9-3-2-4-10-17)26-16-21-22-23-24(16)14-7-5-13(18)6-8-14/h5-8,12H,2-4,9-10H2,1H3,(H,20,25). The van der Waals surface area contributed by atoms with Gasteiger partial charge in [-0.3, -0.25) is 4.79 Å². The first-order valence-corrected chi connectivity index (χ1v) is 9.73. The van der Waals surface area contributed by atoms with Gasteiger partial charge in [0.25, 0.3) is 0 Å². The minimum absolute atomic E-state index is 0.177. The Morgan fingerprint density at radius 3 is 2.69 bits per heavy atom. The fourth-order valence-corrected chi connectivity index (χ4v) is 3.90. The van der Waals surface area contributed by atoms with Gasteiger partial charge in [0.2, 0.25) is 11.1 Å². The molecule has 26 heavy (non-hydrogen) atoms. The number of hydrogen-bond donors (Lipinski definition) is 1. The molecule has 1 aliphatic rings. The second kappa shape index (κ2) is 8.06. The van der Waals surface area contributed by atoms with Crippen LogP contribution >= 0.6 is 23.4 Å². The third-order valence-corrected chi connectivity index (χ3v) is 5.73. The molecule has 0 radical (unpaired) electrons. The SMILES string of the molecule is CC(Sc1nnnn1-c1ccc(Cl)cc1)C(=O)NC1(C#N)CCCCC1. The number of hydrogen-bond acceptors (Lipinski definition) is 6. The fraction of sp³-hybridized carbons (Fsp3) is 0.471. The zero-order chi connectivity index (χ0) is 18.6. The molecule has 1 aromatic carbocycles. The van der Waals surface area contributed by atoms with E-state index in [9.17, 15) is 10.1 Å². The highest BCUT2D eigenvalue weighted by Crippen LogP contribution is 2.29. The van der Waals surface area contributed by atoms with Crippen molar-refractivity contribution in [1.82, 2.24) is 25.5 Å². The van der Waals surface area contributed by atoms with E-state index in [1.165, 1.54) is 11.8 Å². The molecule has 9 heteroatoms. The van der Waals surface area contributed by atoms with Crippen molar-refractivity contribution in [3.05, 3.63) is 29.3 Å². The number of carbonyl (C=O) groups is 1. The summed E-state index contributed by atoms with van der Waals surface area (Å²) in [7, 11) is 0. The summed E-state index contributed by atoms with van der Waals surface area (Å²) in [5, 5.41) is 24.9. The van der Waals surface area contributed by atoms with Crippen LogP contribution in [0.5, 0.6) is 0 Å². The molecule has 1 aliphatic carbocycles. The number of nitrogens with one attached hydrogen (secondary N) is 1. The number of halogens is 1. The Balaban J connectivity index is 1.69. The summed E-state index contributed by atoms with van der Waals surface area (Å²) < 4.78 is 1.56. The molecular weight excluding hydrogens is 372 g/mol. The number of amides is 1. The third kappa shape index (κ3) is 4.17. The highest BCUT2D eigenvalue weighted by molar-refractivity contribution is 8.00. The minimum Gasteiger partial charge on any atom is -0.337 e. The second-order valence-corrected chi connectivity index (χ2v) is 8.10. The van der Waals surface area contributed by atoms with E-state index in [-0.39, 0.29) is 5.91 Å². The summed E-state index contributed by atoms with van der Waals surface area (Å²) in [5.41, 5.74) is 0.0157. The summed E-state index contributed by atoms with van der Waals surface area (Å²) in [5.74, 6) is -0.177.